The Hall–Kier alpha value is -3.66. The van der Waals surface area contributed by atoms with Crippen LogP contribution in [-0.4, -0.2) is 34.2 Å². The number of carbonyl (C=O) groups excluding carboxylic acids is 3. The zero-order chi connectivity index (χ0) is 24.9. The molecule has 4 rings (SSSR count). The molecule has 1 heterocycles. The first-order chi connectivity index (χ1) is 16.8. The third kappa shape index (κ3) is 5.89. The number of benzene rings is 3. The molecule has 0 spiro atoms. The lowest BCUT2D eigenvalue weighted by atomic mass is 10.2. The molecule has 2 amide bonds. The summed E-state index contributed by atoms with van der Waals surface area (Å²) in [7, 11) is 1.55. The number of hydrazine groups is 1. The number of hydrogen-bond donors (Lipinski definition) is 1. The minimum Gasteiger partial charge on any atom is -0.497 e. The summed E-state index contributed by atoms with van der Waals surface area (Å²) in [6.45, 7) is 0. The predicted molar refractivity (Wildman–Crippen MR) is 138 cm³/mol. The van der Waals surface area contributed by atoms with Crippen molar-refractivity contribution in [2.45, 2.75) is 0 Å². The van der Waals surface area contributed by atoms with Gasteiger partial charge >= 0.3 is 5.97 Å². The monoisotopic (exact) mass is 524 g/mol. The number of halogens is 1. The van der Waals surface area contributed by atoms with Gasteiger partial charge < -0.3 is 9.47 Å². The first-order valence-corrected chi connectivity index (χ1v) is 11.7. The summed E-state index contributed by atoms with van der Waals surface area (Å²) in [5.41, 5.74) is 3.94. The Morgan fingerprint density at radius 3 is 2.17 bits per heavy atom. The second-order valence-corrected chi connectivity index (χ2v) is 9.26. The molecule has 1 aliphatic heterocycles. The molecule has 1 aliphatic rings. The Balaban J connectivity index is 1.40. The maximum atomic E-state index is 12.8. The average molecular weight is 525 g/mol. The van der Waals surface area contributed by atoms with Gasteiger partial charge in [0.15, 0.2) is 4.32 Å². The summed E-state index contributed by atoms with van der Waals surface area (Å²) in [6, 6.07) is 19.5. The molecule has 0 aliphatic carbocycles. The maximum absolute atomic E-state index is 12.8. The highest BCUT2D eigenvalue weighted by Crippen LogP contribution is 2.32. The van der Waals surface area contributed by atoms with E-state index in [0.717, 1.165) is 16.8 Å². The number of rotatable bonds is 6. The van der Waals surface area contributed by atoms with Crippen molar-refractivity contribution in [1.82, 2.24) is 10.4 Å². The third-order valence-corrected chi connectivity index (χ3v) is 6.38. The lowest BCUT2D eigenvalue weighted by Crippen LogP contribution is -2.44. The van der Waals surface area contributed by atoms with Crippen molar-refractivity contribution in [3.8, 4) is 11.5 Å². The fourth-order valence-electron chi connectivity index (χ4n) is 3.01. The summed E-state index contributed by atoms with van der Waals surface area (Å²) in [6.07, 6.45) is 1.64. The molecule has 0 aromatic heterocycles. The number of nitrogens with one attached hydrogen (secondary N) is 1. The molecule has 0 saturated carbocycles. The Kier molecular flexibility index (Phi) is 7.50. The Bertz CT molecular complexity index is 1320. The van der Waals surface area contributed by atoms with Crippen LogP contribution in [0.25, 0.3) is 6.08 Å². The van der Waals surface area contributed by atoms with E-state index in [9.17, 15) is 14.4 Å². The predicted octanol–water partition coefficient (Wildman–Crippen LogP) is 5.11. The van der Waals surface area contributed by atoms with Crippen LogP contribution < -0.4 is 14.9 Å². The minimum atomic E-state index is -0.502. The van der Waals surface area contributed by atoms with E-state index in [1.165, 1.54) is 0 Å². The summed E-state index contributed by atoms with van der Waals surface area (Å²) in [4.78, 5) is 37.9. The zero-order valence-electron chi connectivity index (χ0n) is 18.2. The molecule has 3 aromatic carbocycles. The first kappa shape index (κ1) is 24.5. The average Bonchev–Trinajstić information content (AvgIpc) is 3.12. The van der Waals surface area contributed by atoms with E-state index in [-0.39, 0.29) is 4.32 Å². The molecular formula is C25H17ClN2O5S2. The number of thiocarbonyl (C=S) groups is 1. The highest BCUT2D eigenvalue weighted by molar-refractivity contribution is 8.26. The van der Waals surface area contributed by atoms with E-state index < -0.39 is 17.8 Å². The number of nitrogens with zero attached hydrogens (tertiary/aromatic N) is 1. The second-order valence-electron chi connectivity index (χ2n) is 7.15. The SMILES string of the molecule is COc1ccc(C(=O)Oc2ccc(C=C3SC(=S)N(NC(=O)c4ccc(Cl)cc4)C3=O)cc2)cc1. The van der Waals surface area contributed by atoms with Crippen LogP contribution in [-0.2, 0) is 4.79 Å². The largest absolute Gasteiger partial charge is 0.497 e. The summed E-state index contributed by atoms with van der Waals surface area (Å²) in [5, 5.41) is 1.53. The second kappa shape index (κ2) is 10.7. The maximum Gasteiger partial charge on any atom is 0.343 e. The third-order valence-electron chi connectivity index (χ3n) is 4.83. The van der Waals surface area contributed by atoms with Crippen LogP contribution >= 0.6 is 35.6 Å². The van der Waals surface area contributed by atoms with Gasteiger partial charge in [0.2, 0.25) is 0 Å². The van der Waals surface area contributed by atoms with Crippen LogP contribution in [0.2, 0.25) is 5.02 Å². The minimum absolute atomic E-state index is 0.202. The Morgan fingerprint density at radius 2 is 1.54 bits per heavy atom. The van der Waals surface area contributed by atoms with Crippen LogP contribution in [0.1, 0.15) is 26.3 Å². The number of carbonyl (C=O) groups is 3. The highest BCUT2D eigenvalue weighted by atomic mass is 35.5. The number of hydrogen-bond acceptors (Lipinski definition) is 7. The van der Waals surface area contributed by atoms with E-state index in [1.807, 2.05) is 0 Å². The molecule has 1 saturated heterocycles. The van der Waals surface area contributed by atoms with Gasteiger partial charge in [-0.25, -0.2) is 4.79 Å². The molecule has 3 aromatic rings. The van der Waals surface area contributed by atoms with E-state index in [4.69, 9.17) is 33.3 Å². The smallest absolute Gasteiger partial charge is 0.343 e. The van der Waals surface area contributed by atoms with Crippen LogP contribution in [0.4, 0.5) is 0 Å². The zero-order valence-corrected chi connectivity index (χ0v) is 20.6. The lowest BCUT2D eigenvalue weighted by Gasteiger charge is -2.15. The number of thioether (sulfide) groups is 1. The molecule has 0 bridgehead atoms. The number of amides is 2. The molecule has 0 atom stereocenters. The number of methoxy groups -OCH3 is 1. The number of esters is 1. The van der Waals surface area contributed by atoms with Crippen molar-refractivity contribution in [3.05, 3.63) is 99.4 Å². The lowest BCUT2D eigenvalue weighted by molar-refractivity contribution is -0.123. The van der Waals surface area contributed by atoms with E-state index in [1.54, 1.807) is 86.0 Å². The van der Waals surface area contributed by atoms with Gasteiger partial charge in [-0.3, -0.25) is 15.0 Å². The quantitative estimate of drug-likeness (QED) is 0.207. The van der Waals surface area contributed by atoms with E-state index in [0.29, 0.717) is 38.1 Å². The van der Waals surface area contributed by atoms with Crippen LogP contribution in [0.5, 0.6) is 11.5 Å². The molecule has 0 unspecified atom stereocenters. The van der Waals surface area contributed by atoms with Crippen LogP contribution in [0.15, 0.2) is 77.7 Å². The Morgan fingerprint density at radius 1 is 0.943 bits per heavy atom. The molecule has 10 heteroatoms. The van der Waals surface area contributed by atoms with Gasteiger partial charge in [0.05, 0.1) is 17.6 Å². The first-order valence-electron chi connectivity index (χ1n) is 10.1. The normalized spacial score (nSPS) is 14.2. The Labute approximate surface area is 215 Å². The van der Waals surface area contributed by atoms with Gasteiger partial charge in [0, 0.05) is 10.6 Å². The van der Waals surface area contributed by atoms with Gasteiger partial charge in [-0.15, -0.1) is 0 Å². The number of ether oxygens (including phenoxy) is 2. The molecule has 176 valence electrons. The van der Waals surface area contributed by atoms with Crippen molar-refractivity contribution in [2.24, 2.45) is 0 Å². The van der Waals surface area contributed by atoms with Gasteiger partial charge in [-0.05, 0) is 84.5 Å². The standard InChI is InChI=1S/C25H17ClN2O5S2/c1-32-19-12-6-17(7-13-19)24(31)33-20-10-2-15(3-11-20)14-21-23(30)28(25(34)35-21)27-22(29)16-4-8-18(26)9-5-16/h2-14H,1H3,(H,27,29). The summed E-state index contributed by atoms with van der Waals surface area (Å²) in [5.74, 6) is -0.441. The van der Waals surface area contributed by atoms with Crippen molar-refractivity contribution in [3.63, 3.8) is 0 Å². The van der Waals surface area contributed by atoms with Crippen molar-refractivity contribution in [2.75, 3.05) is 7.11 Å². The van der Waals surface area contributed by atoms with E-state index in [2.05, 4.69) is 5.43 Å². The molecular weight excluding hydrogens is 508 g/mol. The molecule has 35 heavy (non-hydrogen) atoms. The highest BCUT2D eigenvalue weighted by Gasteiger charge is 2.33. The molecule has 1 fully saturated rings. The topological polar surface area (TPSA) is 84.9 Å². The van der Waals surface area contributed by atoms with Gasteiger partial charge in [0.1, 0.15) is 11.5 Å². The summed E-state index contributed by atoms with van der Waals surface area (Å²) >= 11 is 12.2. The molecule has 7 nitrogen and oxygen atoms in total. The van der Waals surface area contributed by atoms with Gasteiger partial charge in [-0.1, -0.05) is 35.5 Å². The summed E-state index contributed by atoms with van der Waals surface area (Å²) < 4.78 is 10.7. The van der Waals surface area contributed by atoms with Crippen LogP contribution in [0.3, 0.4) is 0 Å². The fraction of sp³-hybridized carbons (Fsp3) is 0.0400. The molecule has 1 N–H and O–H groups in total. The molecule has 0 radical (unpaired) electrons. The van der Waals surface area contributed by atoms with Gasteiger partial charge in [-0.2, -0.15) is 5.01 Å². The van der Waals surface area contributed by atoms with Crippen LogP contribution in [0, 0.1) is 0 Å². The van der Waals surface area contributed by atoms with E-state index >= 15 is 0 Å². The van der Waals surface area contributed by atoms with Gasteiger partial charge in [0.25, 0.3) is 11.8 Å². The van der Waals surface area contributed by atoms with Crippen molar-refractivity contribution in [1.29, 1.82) is 0 Å². The van der Waals surface area contributed by atoms with Crippen molar-refractivity contribution < 1.29 is 23.9 Å². The fourth-order valence-corrected chi connectivity index (χ4v) is 4.31. The van der Waals surface area contributed by atoms with Crippen molar-refractivity contribution >= 4 is 63.8 Å².